The number of rotatable bonds is 5. The van der Waals surface area contributed by atoms with Gasteiger partial charge in [-0.2, -0.15) is 0 Å². The van der Waals surface area contributed by atoms with Gasteiger partial charge in [-0.3, -0.25) is 4.79 Å². The SMILES string of the molecule is COCC(NC1CCC(=O)NC1)C1CC1. The van der Waals surface area contributed by atoms with Crippen LogP contribution in [0, 0.1) is 5.92 Å². The van der Waals surface area contributed by atoms with Gasteiger partial charge in [0, 0.05) is 32.2 Å². The summed E-state index contributed by atoms with van der Waals surface area (Å²) < 4.78 is 5.22. The third-order valence-corrected chi connectivity index (χ3v) is 3.25. The quantitative estimate of drug-likeness (QED) is 0.688. The van der Waals surface area contributed by atoms with Crippen LogP contribution in [0.3, 0.4) is 0 Å². The van der Waals surface area contributed by atoms with Gasteiger partial charge in [-0.15, -0.1) is 0 Å². The molecule has 0 aromatic heterocycles. The molecule has 86 valence electrons. The smallest absolute Gasteiger partial charge is 0.220 e. The summed E-state index contributed by atoms with van der Waals surface area (Å²) in [7, 11) is 1.75. The van der Waals surface area contributed by atoms with Crippen molar-refractivity contribution in [2.24, 2.45) is 5.92 Å². The summed E-state index contributed by atoms with van der Waals surface area (Å²) in [5.74, 6) is 0.977. The van der Waals surface area contributed by atoms with Crippen molar-refractivity contribution in [1.82, 2.24) is 10.6 Å². The molecule has 2 unspecified atom stereocenters. The summed E-state index contributed by atoms with van der Waals surface area (Å²) in [5, 5.41) is 6.50. The van der Waals surface area contributed by atoms with Gasteiger partial charge in [0.05, 0.1) is 6.61 Å². The zero-order valence-corrected chi connectivity index (χ0v) is 9.29. The summed E-state index contributed by atoms with van der Waals surface area (Å²) in [6.07, 6.45) is 4.25. The van der Waals surface area contributed by atoms with Gasteiger partial charge < -0.3 is 15.4 Å². The molecule has 4 nitrogen and oxygen atoms in total. The lowest BCUT2D eigenvalue weighted by Gasteiger charge is -2.28. The zero-order chi connectivity index (χ0) is 10.7. The number of hydrogen-bond acceptors (Lipinski definition) is 3. The van der Waals surface area contributed by atoms with Crippen molar-refractivity contribution < 1.29 is 9.53 Å². The first-order valence-corrected chi connectivity index (χ1v) is 5.81. The minimum Gasteiger partial charge on any atom is -0.383 e. The number of methoxy groups -OCH3 is 1. The van der Waals surface area contributed by atoms with Crippen molar-refractivity contribution >= 4 is 5.91 Å². The highest BCUT2D eigenvalue weighted by Gasteiger charge is 2.33. The molecule has 1 aliphatic heterocycles. The molecule has 1 aliphatic carbocycles. The molecule has 0 radical (unpaired) electrons. The van der Waals surface area contributed by atoms with Crippen molar-refractivity contribution in [3.8, 4) is 0 Å². The predicted octanol–water partition coefficient (Wildman–Crippen LogP) is 0.280. The van der Waals surface area contributed by atoms with E-state index >= 15 is 0 Å². The Morgan fingerprint density at radius 1 is 1.53 bits per heavy atom. The Bertz CT molecular complexity index is 219. The van der Waals surface area contributed by atoms with Crippen molar-refractivity contribution in [2.45, 2.75) is 37.8 Å². The maximum atomic E-state index is 11.0. The van der Waals surface area contributed by atoms with Crippen LogP contribution in [0.25, 0.3) is 0 Å². The number of amides is 1. The highest BCUT2D eigenvalue weighted by Crippen LogP contribution is 2.33. The Hall–Kier alpha value is -0.610. The van der Waals surface area contributed by atoms with E-state index in [2.05, 4.69) is 10.6 Å². The van der Waals surface area contributed by atoms with E-state index in [0.29, 0.717) is 18.5 Å². The average Bonchev–Trinajstić information content (AvgIpc) is 3.04. The van der Waals surface area contributed by atoms with Gasteiger partial charge in [0.1, 0.15) is 0 Å². The number of piperidine rings is 1. The van der Waals surface area contributed by atoms with Gasteiger partial charge in [-0.25, -0.2) is 0 Å². The molecule has 15 heavy (non-hydrogen) atoms. The molecule has 1 saturated heterocycles. The molecule has 2 N–H and O–H groups in total. The summed E-state index contributed by atoms with van der Waals surface area (Å²) in [6, 6.07) is 0.915. The molecule has 1 amide bonds. The lowest BCUT2D eigenvalue weighted by molar-refractivity contribution is -0.122. The fourth-order valence-electron chi connectivity index (χ4n) is 2.18. The predicted molar refractivity (Wildman–Crippen MR) is 57.6 cm³/mol. The van der Waals surface area contributed by atoms with Gasteiger partial charge in [0.2, 0.25) is 5.91 Å². The zero-order valence-electron chi connectivity index (χ0n) is 9.29. The molecule has 2 atom stereocenters. The number of carbonyl (C=O) groups excluding carboxylic acids is 1. The van der Waals surface area contributed by atoms with Crippen LogP contribution in [0.15, 0.2) is 0 Å². The minimum absolute atomic E-state index is 0.183. The Morgan fingerprint density at radius 2 is 2.33 bits per heavy atom. The summed E-state index contributed by atoms with van der Waals surface area (Å²) in [5.41, 5.74) is 0. The second-order valence-corrected chi connectivity index (χ2v) is 4.61. The fourth-order valence-corrected chi connectivity index (χ4v) is 2.18. The first-order valence-electron chi connectivity index (χ1n) is 5.81. The van der Waals surface area contributed by atoms with Crippen LogP contribution in [0.2, 0.25) is 0 Å². The van der Waals surface area contributed by atoms with Gasteiger partial charge in [0.25, 0.3) is 0 Å². The second-order valence-electron chi connectivity index (χ2n) is 4.61. The maximum Gasteiger partial charge on any atom is 0.220 e. The molecular formula is C11H20N2O2. The average molecular weight is 212 g/mol. The molecule has 1 saturated carbocycles. The number of hydrogen-bond donors (Lipinski definition) is 2. The number of nitrogens with one attached hydrogen (secondary N) is 2. The van der Waals surface area contributed by atoms with Crippen LogP contribution in [-0.4, -0.2) is 38.3 Å². The normalized spacial score (nSPS) is 28.6. The molecule has 0 spiro atoms. The van der Waals surface area contributed by atoms with E-state index in [1.54, 1.807) is 7.11 Å². The fraction of sp³-hybridized carbons (Fsp3) is 0.909. The van der Waals surface area contributed by atoms with Crippen LogP contribution in [-0.2, 0) is 9.53 Å². The van der Waals surface area contributed by atoms with Gasteiger partial charge in [-0.1, -0.05) is 0 Å². The standard InChI is InChI=1S/C11H20N2O2/c1-15-7-10(8-2-3-8)13-9-4-5-11(14)12-6-9/h8-10,13H,2-7H2,1H3,(H,12,14). The van der Waals surface area contributed by atoms with E-state index in [9.17, 15) is 4.79 Å². The lowest BCUT2D eigenvalue weighted by Crippen LogP contribution is -2.51. The Labute approximate surface area is 90.8 Å². The molecule has 0 bridgehead atoms. The van der Waals surface area contributed by atoms with Crippen LogP contribution in [0.4, 0.5) is 0 Å². The van der Waals surface area contributed by atoms with E-state index in [4.69, 9.17) is 4.74 Å². The minimum atomic E-state index is 0.183. The van der Waals surface area contributed by atoms with Crippen LogP contribution >= 0.6 is 0 Å². The molecule has 2 fully saturated rings. The summed E-state index contributed by atoms with van der Waals surface area (Å²) >= 11 is 0. The lowest BCUT2D eigenvalue weighted by atomic mass is 10.0. The summed E-state index contributed by atoms with van der Waals surface area (Å²) in [6.45, 7) is 1.56. The third-order valence-electron chi connectivity index (χ3n) is 3.25. The highest BCUT2D eigenvalue weighted by molar-refractivity contribution is 5.76. The van der Waals surface area contributed by atoms with Crippen molar-refractivity contribution in [1.29, 1.82) is 0 Å². The molecule has 1 heterocycles. The Kier molecular flexibility index (Phi) is 3.59. The first kappa shape index (κ1) is 10.9. The third kappa shape index (κ3) is 3.18. The number of carbonyl (C=O) groups is 1. The molecule has 2 rings (SSSR count). The second kappa shape index (κ2) is 4.94. The molecule has 4 heteroatoms. The van der Waals surface area contributed by atoms with E-state index in [-0.39, 0.29) is 5.91 Å². The topological polar surface area (TPSA) is 50.4 Å². The van der Waals surface area contributed by atoms with Gasteiger partial charge in [-0.05, 0) is 25.2 Å². The first-order chi connectivity index (χ1) is 7.29. The van der Waals surface area contributed by atoms with Crippen molar-refractivity contribution in [3.05, 3.63) is 0 Å². The largest absolute Gasteiger partial charge is 0.383 e. The molecule has 0 aromatic carbocycles. The monoisotopic (exact) mass is 212 g/mol. The van der Waals surface area contributed by atoms with Crippen LogP contribution in [0.1, 0.15) is 25.7 Å². The highest BCUT2D eigenvalue weighted by atomic mass is 16.5. The van der Waals surface area contributed by atoms with Crippen LogP contribution < -0.4 is 10.6 Å². The van der Waals surface area contributed by atoms with E-state index < -0.39 is 0 Å². The Balaban J connectivity index is 1.75. The van der Waals surface area contributed by atoms with Crippen LogP contribution in [0.5, 0.6) is 0 Å². The van der Waals surface area contributed by atoms with Crippen molar-refractivity contribution in [2.75, 3.05) is 20.3 Å². The van der Waals surface area contributed by atoms with Gasteiger partial charge in [0.15, 0.2) is 0 Å². The van der Waals surface area contributed by atoms with E-state index in [0.717, 1.165) is 25.5 Å². The molecule has 2 aliphatic rings. The molecular weight excluding hydrogens is 192 g/mol. The number of ether oxygens (including phenoxy) is 1. The van der Waals surface area contributed by atoms with E-state index in [1.165, 1.54) is 12.8 Å². The molecule has 0 aromatic rings. The van der Waals surface area contributed by atoms with Crippen molar-refractivity contribution in [3.63, 3.8) is 0 Å². The Morgan fingerprint density at radius 3 is 2.87 bits per heavy atom. The maximum absolute atomic E-state index is 11.0. The summed E-state index contributed by atoms with van der Waals surface area (Å²) in [4.78, 5) is 11.0. The van der Waals surface area contributed by atoms with Gasteiger partial charge >= 0.3 is 0 Å². The van der Waals surface area contributed by atoms with E-state index in [1.807, 2.05) is 0 Å².